The van der Waals surface area contributed by atoms with Crippen molar-refractivity contribution in [2.75, 3.05) is 26.2 Å². The number of hydrogen-bond donors (Lipinski definition) is 1. The van der Waals surface area contributed by atoms with E-state index in [-0.39, 0.29) is 12.8 Å². The first-order chi connectivity index (χ1) is 8.45. The lowest BCUT2D eigenvalue weighted by molar-refractivity contribution is -0.184. The molecular weight excluding hydrogens is 241 g/mol. The van der Waals surface area contributed by atoms with Gasteiger partial charge in [0.1, 0.15) is 0 Å². The van der Waals surface area contributed by atoms with Gasteiger partial charge in [0.2, 0.25) is 0 Å². The van der Waals surface area contributed by atoms with Crippen LogP contribution in [0.3, 0.4) is 0 Å². The number of halogens is 3. The van der Waals surface area contributed by atoms with Crippen LogP contribution in [-0.2, 0) is 0 Å². The van der Waals surface area contributed by atoms with Crippen molar-refractivity contribution in [1.29, 1.82) is 0 Å². The molecule has 0 spiro atoms. The third kappa shape index (κ3) is 4.28. The molecule has 2 fully saturated rings. The highest BCUT2D eigenvalue weighted by Crippen LogP contribution is 2.34. The molecule has 1 saturated heterocycles. The van der Waals surface area contributed by atoms with Gasteiger partial charge in [-0.05, 0) is 44.3 Å². The SMILES string of the molecule is C=C(CNC1CC1)CN1CCC(C(F)(F)F)CC1. The molecule has 1 N–H and O–H groups in total. The molecule has 0 bridgehead atoms. The van der Waals surface area contributed by atoms with Gasteiger partial charge in [-0.25, -0.2) is 0 Å². The zero-order valence-corrected chi connectivity index (χ0v) is 10.6. The van der Waals surface area contributed by atoms with E-state index in [1.165, 1.54) is 12.8 Å². The molecule has 2 rings (SSSR count). The van der Waals surface area contributed by atoms with E-state index in [1.807, 2.05) is 0 Å². The first-order valence-corrected chi connectivity index (χ1v) is 6.64. The Bertz CT molecular complexity index is 289. The zero-order chi connectivity index (χ0) is 13.2. The number of nitrogens with zero attached hydrogens (tertiary/aromatic N) is 1. The maximum absolute atomic E-state index is 12.5. The second-order valence-electron chi connectivity index (χ2n) is 5.50. The van der Waals surface area contributed by atoms with Gasteiger partial charge in [0.05, 0.1) is 5.92 Å². The van der Waals surface area contributed by atoms with Crippen molar-refractivity contribution in [3.8, 4) is 0 Å². The zero-order valence-electron chi connectivity index (χ0n) is 10.6. The third-order valence-electron chi connectivity index (χ3n) is 3.72. The fraction of sp³-hybridized carbons (Fsp3) is 0.846. The van der Waals surface area contributed by atoms with E-state index in [0.29, 0.717) is 19.1 Å². The average molecular weight is 262 g/mol. The van der Waals surface area contributed by atoms with Gasteiger partial charge in [0, 0.05) is 19.1 Å². The standard InChI is InChI=1S/C13H21F3N2/c1-10(8-17-12-2-3-12)9-18-6-4-11(5-7-18)13(14,15)16/h11-12,17H,1-9H2. The van der Waals surface area contributed by atoms with E-state index in [4.69, 9.17) is 0 Å². The molecule has 1 aliphatic heterocycles. The maximum Gasteiger partial charge on any atom is 0.391 e. The van der Waals surface area contributed by atoms with Gasteiger partial charge in [-0.15, -0.1) is 0 Å². The van der Waals surface area contributed by atoms with Gasteiger partial charge in [-0.2, -0.15) is 13.2 Å². The van der Waals surface area contributed by atoms with Crippen molar-refractivity contribution in [3.05, 3.63) is 12.2 Å². The second kappa shape index (κ2) is 5.61. The van der Waals surface area contributed by atoms with Crippen molar-refractivity contribution in [2.45, 2.75) is 37.9 Å². The minimum atomic E-state index is -4.02. The van der Waals surface area contributed by atoms with Crippen LogP contribution in [-0.4, -0.2) is 43.3 Å². The highest BCUT2D eigenvalue weighted by molar-refractivity contribution is 5.02. The minimum absolute atomic E-state index is 0.229. The van der Waals surface area contributed by atoms with E-state index in [2.05, 4.69) is 16.8 Å². The molecule has 0 atom stereocenters. The van der Waals surface area contributed by atoms with Gasteiger partial charge in [0.15, 0.2) is 0 Å². The Morgan fingerprint density at radius 1 is 1.17 bits per heavy atom. The Kier molecular flexibility index (Phi) is 4.33. The van der Waals surface area contributed by atoms with Gasteiger partial charge < -0.3 is 5.32 Å². The van der Waals surface area contributed by atoms with Crippen LogP contribution in [0.15, 0.2) is 12.2 Å². The molecule has 1 heterocycles. The van der Waals surface area contributed by atoms with Crippen molar-refractivity contribution >= 4 is 0 Å². The van der Waals surface area contributed by atoms with Crippen LogP contribution in [0.5, 0.6) is 0 Å². The lowest BCUT2D eigenvalue weighted by Crippen LogP contribution is -2.40. The summed E-state index contributed by atoms with van der Waals surface area (Å²) in [7, 11) is 0. The predicted octanol–water partition coefficient (Wildman–Crippen LogP) is 2.57. The molecule has 0 aromatic rings. The van der Waals surface area contributed by atoms with E-state index in [0.717, 1.165) is 18.7 Å². The van der Waals surface area contributed by atoms with Crippen LogP contribution in [0.4, 0.5) is 13.2 Å². The van der Waals surface area contributed by atoms with E-state index in [9.17, 15) is 13.2 Å². The summed E-state index contributed by atoms with van der Waals surface area (Å²) in [6.07, 6.45) is -1.08. The van der Waals surface area contributed by atoms with Crippen molar-refractivity contribution in [3.63, 3.8) is 0 Å². The number of likely N-dealkylation sites (tertiary alicyclic amines) is 1. The summed E-state index contributed by atoms with van der Waals surface area (Å²) in [5.41, 5.74) is 1.08. The van der Waals surface area contributed by atoms with Gasteiger partial charge in [-0.3, -0.25) is 4.90 Å². The van der Waals surface area contributed by atoms with E-state index >= 15 is 0 Å². The Labute approximate surface area is 106 Å². The smallest absolute Gasteiger partial charge is 0.310 e. The first kappa shape index (κ1) is 13.9. The molecule has 5 heteroatoms. The first-order valence-electron chi connectivity index (χ1n) is 6.64. The summed E-state index contributed by atoms with van der Waals surface area (Å²) in [6.45, 7) is 6.58. The number of alkyl halides is 3. The van der Waals surface area contributed by atoms with Crippen LogP contribution in [0.2, 0.25) is 0 Å². The van der Waals surface area contributed by atoms with Crippen molar-refractivity contribution in [2.24, 2.45) is 5.92 Å². The van der Waals surface area contributed by atoms with Crippen LogP contribution in [0.1, 0.15) is 25.7 Å². The number of hydrogen-bond acceptors (Lipinski definition) is 2. The Morgan fingerprint density at radius 2 is 1.78 bits per heavy atom. The molecule has 104 valence electrons. The van der Waals surface area contributed by atoms with E-state index < -0.39 is 12.1 Å². The molecule has 2 aliphatic rings. The molecule has 0 radical (unpaired) electrons. The van der Waals surface area contributed by atoms with Gasteiger partial charge >= 0.3 is 6.18 Å². The lowest BCUT2D eigenvalue weighted by Gasteiger charge is -2.33. The second-order valence-corrected chi connectivity index (χ2v) is 5.50. The summed E-state index contributed by atoms with van der Waals surface area (Å²) in [4.78, 5) is 2.08. The van der Waals surface area contributed by atoms with Crippen LogP contribution >= 0.6 is 0 Å². The summed E-state index contributed by atoms with van der Waals surface area (Å²) < 4.78 is 37.5. The molecule has 18 heavy (non-hydrogen) atoms. The summed E-state index contributed by atoms with van der Waals surface area (Å²) in [5, 5.41) is 3.37. The molecule has 2 nitrogen and oxygen atoms in total. The highest BCUT2D eigenvalue weighted by Gasteiger charge is 2.40. The van der Waals surface area contributed by atoms with Crippen LogP contribution in [0.25, 0.3) is 0 Å². The van der Waals surface area contributed by atoms with Crippen molar-refractivity contribution in [1.82, 2.24) is 10.2 Å². The molecule has 1 saturated carbocycles. The van der Waals surface area contributed by atoms with Crippen LogP contribution < -0.4 is 5.32 Å². The maximum atomic E-state index is 12.5. The average Bonchev–Trinajstić information content (AvgIpc) is 3.09. The fourth-order valence-electron chi connectivity index (χ4n) is 2.37. The molecule has 0 aromatic carbocycles. The van der Waals surface area contributed by atoms with Gasteiger partial charge in [0.25, 0.3) is 0 Å². The Morgan fingerprint density at radius 3 is 2.28 bits per heavy atom. The summed E-state index contributed by atoms with van der Waals surface area (Å²) >= 11 is 0. The molecular formula is C13H21F3N2. The Hall–Kier alpha value is -0.550. The minimum Gasteiger partial charge on any atom is -0.310 e. The number of rotatable bonds is 5. The molecule has 1 aliphatic carbocycles. The lowest BCUT2D eigenvalue weighted by atomic mass is 9.96. The monoisotopic (exact) mass is 262 g/mol. The Balaban J connectivity index is 1.64. The fourth-order valence-corrected chi connectivity index (χ4v) is 2.37. The molecule has 0 amide bonds. The van der Waals surface area contributed by atoms with Gasteiger partial charge in [-0.1, -0.05) is 6.58 Å². The topological polar surface area (TPSA) is 15.3 Å². The summed E-state index contributed by atoms with van der Waals surface area (Å²) in [5.74, 6) is -1.10. The predicted molar refractivity (Wildman–Crippen MR) is 65.4 cm³/mol. The third-order valence-corrected chi connectivity index (χ3v) is 3.72. The number of piperidine rings is 1. The normalized spacial score (nSPS) is 23.3. The number of nitrogens with one attached hydrogen (secondary N) is 1. The highest BCUT2D eigenvalue weighted by atomic mass is 19.4. The quantitative estimate of drug-likeness (QED) is 0.766. The summed E-state index contributed by atoms with van der Waals surface area (Å²) in [6, 6.07) is 0.651. The largest absolute Gasteiger partial charge is 0.391 e. The molecule has 0 aromatic heterocycles. The van der Waals surface area contributed by atoms with E-state index in [1.54, 1.807) is 0 Å². The van der Waals surface area contributed by atoms with Crippen LogP contribution in [0, 0.1) is 5.92 Å². The van der Waals surface area contributed by atoms with Crippen molar-refractivity contribution < 1.29 is 13.2 Å². The molecule has 0 unspecified atom stereocenters.